The lowest BCUT2D eigenvalue weighted by atomic mass is 10.1. The number of amides is 1. The van der Waals surface area contributed by atoms with Crippen LogP contribution in [0.15, 0.2) is 59.8 Å². The fourth-order valence-electron chi connectivity index (χ4n) is 2.62. The Kier molecular flexibility index (Phi) is 5.68. The zero-order valence-corrected chi connectivity index (χ0v) is 16.9. The molecule has 8 nitrogen and oxygen atoms in total. The molecule has 1 amide bonds. The van der Waals surface area contributed by atoms with E-state index in [4.69, 9.17) is 17.4 Å². The second-order valence-electron chi connectivity index (χ2n) is 6.19. The number of nitrogen functional groups attached to an aromatic ring is 1. The maximum Gasteiger partial charge on any atom is 0.234 e. The summed E-state index contributed by atoms with van der Waals surface area (Å²) in [4.78, 5) is 12.1. The molecule has 152 valence electrons. The number of nitrogens with one attached hydrogen (secondary N) is 2. The summed E-state index contributed by atoms with van der Waals surface area (Å²) in [6.45, 7) is 0. The number of carbonyl (C=O) groups excluding carboxylic acids is 1. The van der Waals surface area contributed by atoms with Crippen LogP contribution in [-0.4, -0.2) is 36.7 Å². The molecule has 0 aliphatic rings. The van der Waals surface area contributed by atoms with Crippen molar-refractivity contribution < 1.29 is 9.18 Å². The first-order valence-electron chi connectivity index (χ1n) is 8.70. The number of halogens is 2. The Morgan fingerprint density at radius 3 is 2.63 bits per heavy atom. The van der Waals surface area contributed by atoms with Crippen molar-refractivity contribution in [2.24, 2.45) is 0 Å². The van der Waals surface area contributed by atoms with Crippen LogP contribution in [0.5, 0.6) is 0 Å². The van der Waals surface area contributed by atoms with E-state index in [1.165, 1.54) is 28.9 Å². The first kappa shape index (κ1) is 19.9. The number of rotatable bonds is 6. The smallest absolute Gasteiger partial charge is 0.234 e. The van der Waals surface area contributed by atoms with Gasteiger partial charge in [0.05, 0.1) is 11.4 Å². The van der Waals surface area contributed by atoms with Gasteiger partial charge in [0, 0.05) is 16.3 Å². The van der Waals surface area contributed by atoms with Crippen LogP contribution in [-0.2, 0) is 4.79 Å². The Hall–Kier alpha value is -3.37. The molecule has 11 heteroatoms. The molecule has 2 aromatic heterocycles. The molecule has 0 spiro atoms. The topological polar surface area (TPSA) is 115 Å². The van der Waals surface area contributed by atoms with Gasteiger partial charge in [-0.3, -0.25) is 9.89 Å². The van der Waals surface area contributed by atoms with Crippen molar-refractivity contribution in [1.82, 2.24) is 25.1 Å². The summed E-state index contributed by atoms with van der Waals surface area (Å²) in [5, 5.41) is 18.9. The summed E-state index contributed by atoms with van der Waals surface area (Å²) in [5.74, 6) is 5.88. The van der Waals surface area contributed by atoms with E-state index in [0.717, 1.165) is 17.3 Å². The maximum absolute atomic E-state index is 12.9. The lowest BCUT2D eigenvalue weighted by Crippen LogP contribution is -2.16. The van der Waals surface area contributed by atoms with Gasteiger partial charge < -0.3 is 11.2 Å². The van der Waals surface area contributed by atoms with E-state index in [9.17, 15) is 9.18 Å². The van der Waals surface area contributed by atoms with Crippen LogP contribution in [0.4, 0.5) is 10.1 Å². The molecule has 0 unspecified atom stereocenters. The Bertz CT molecular complexity index is 1170. The third-order valence-corrected chi connectivity index (χ3v) is 5.28. The molecule has 2 heterocycles. The van der Waals surface area contributed by atoms with E-state index < -0.39 is 0 Å². The first-order chi connectivity index (χ1) is 14.5. The molecule has 0 bridgehead atoms. The molecule has 4 N–H and O–H groups in total. The Labute approximate surface area is 179 Å². The summed E-state index contributed by atoms with van der Waals surface area (Å²) < 4.78 is 14.2. The third kappa shape index (κ3) is 4.44. The van der Waals surface area contributed by atoms with Crippen molar-refractivity contribution in [2.45, 2.75) is 5.16 Å². The average molecular weight is 444 g/mol. The number of anilines is 1. The van der Waals surface area contributed by atoms with E-state index in [0.29, 0.717) is 33.1 Å². The molecular weight excluding hydrogens is 429 g/mol. The standard InChI is InChI=1S/C19H15ClFN7OS/c20-12-3-1-11(2-4-12)15-9-16(25-24-15)18-26-27-19(28(18)22)30-10-17(29)23-14-7-5-13(21)6-8-14/h1-9H,10,22H2,(H,23,29)(H,24,25). The Morgan fingerprint density at radius 2 is 1.90 bits per heavy atom. The largest absolute Gasteiger partial charge is 0.335 e. The fraction of sp³-hybridized carbons (Fsp3) is 0.0526. The number of aromatic amines is 1. The SMILES string of the molecule is Nn1c(SCC(=O)Nc2ccc(F)cc2)nnc1-c1cc(-c2ccc(Cl)cc2)n[nH]1. The first-order valence-corrected chi connectivity index (χ1v) is 10.1. The van der Waals surface area contributed by atoms with Crippen molar-refractivity contribution in [1.29, 1.82) is 0 Å². The van der Waals surface area contributed by atoms with Crippen LogP contribution in [0.3, 0.4) is 0 Å². The molecule has 0 saturated heterocycles. The van der Waals surface area contributed by atoms with Crippen molar-refractivity contribution in [3.8, 4) is 22.8 Å². The summed E-state index contributed by atoms with van der Waals surface area (Å²) >= 11 is 7.04. The van der Waals surface area contributed by atoms with Gasteiger partial charge in [-0.25, -0.2) is 9.07 Å². The normalized spacial score (nSPS) is 10.9. The van der Waals surface area contributed by atoms with Gasteiger partial charge in [0.1, 0.15) is 11.5 Å². The lowest BCUT2D eigenvalue weighted by Gasteiger charge is -2.05. The molecule has 0 fully saturated rings. The number of hydrogen-bond donors (Lipinski definition) is 3. The van der Waals surface area contributed by atoms with Gasteiger partial charge in [-0.1, -0.05) is 35.5 Å². The zero-order valence-electron chi connectivity index (χ0n) is 15.3. The summed E-state index contributed by atoms with van der Waals surface area (Å²) in [6, 6.07) is 14.6. The minimum absolute atomic E-state index is 0.0612. The van der Waals surface area contributed by atoms with Crippen molar-refractivity contribution in [2.75, 3.05) is 16.9 Å². The van der Waals surface area contributed by atoms with E-state index >= 15 is 0 Å². The molecule has 30 heavy (non-hydrogen) atoms. The van der Waals surface area contributed by atoms with Crippen LogP contribution in [0, 0.1) is 5.82 Å². The van der Waals surface area contributed by atoms with Crippen LogP contribution >= 0.6 is 23.4 Å². The highest BCUT2D eigenvalue weighted by Crippen LogP contribution is 2.25. The van der Waals surface area contributed by atoms with Gasteiger partial charge in [-0.15, -0.1) is 10.2 Å². The van der Waals surface area contributed by atoms with Crippen LogP contribution in [0.2, 0.25) is 5.02 Å². The van der Waals surface area contributed by atoms with Crippen LogP contribution in [0.25, 0.3) is 22.8 Å². The van der Waals surface area contributed by atoms with Crippen molar-refractivity contribution >= 4 is 35.0 Å². The number of nitrogens with zero attached hydrogens (tertiary/aromatic N) is 4. The maximum atomic E-state index is 12.9. The van der Waals surface area contributed by atoms with E-state index in [1.54, 1.807) is 18.2 Å². The van der Waals surface area contributed by atoms with Gasteiger partial charge in [0.25, 0.3) is 0 Å². The minimum Gasteiger partial charge on any atom is -0.335 e. The number of carbonyl (C=O) groups is 1. The number of hydrogen-bond acceptors (Lipinski definition) is 6. The summed E-state index contributed by atoms with van der Waals surface area (Å²) in [6.07, 6.45) is 0. The Morgan fingerprint density at radius 1 is 1.17 bits per heavy atom. The predicted molar refractivity (Wildman–Crippen MR) is 114 cm³/mol. The van der Waals surface area contributed by atoms with Gasteiger partial charge in [-0.05, 0) is 42.5 Å². The second-order valence-corrected chi connectivity index (χ2v) is 7.57. The highest BCUT2D eigenvalue weighted by Gasteiger charge is 2.16. The molecular formula is C19H15ClFN7OS. The van der Waals surface area contributed by atoms with E-state index in [1.807, 2.05) is 12.1 Å². The van der Waals surface area contributed by atoms with Gasteiger partial charge >= 0.3 is 0 Å². The molecule has 2 aromatic carbocycles. The summed E-state index contributed by atoms with van der Waals surface area (Å²) in [5.41, 5.74) is 2.68. The second kappa shape index (κ2) is 8.56. The van der Waals surface area contributed by atoms with Crippen LogP contribution < -0.4 is 11.2 Å². The Balaban J connectivity index is 1.42. The molecule has 4 rings (SSSR count). The van der Waals surface area contributed by atoms with Gasteiger partial charge in [0.15, 0.2) is 0 Å². The highest BCUT2D eigenvalue weighted by molar-refractivity contribution is 7.99. The van der Waals surface area contributed by atoms with Gasteiger partial charge in [-0.2, -0.15) is 5.10 Å². The number of aromatic nitrogens is 5. The molecule has 4 aromatic rings. The summed E-state index contributed by atoms with van der Waals surface area (Å²) in [7, 11) is 0. The minimum atomic E-state index is -0.371. The average Bonchev–Trinajstić information content (AvgIpc) is 3.35. The lowest BCUT2D eigenvalue weighted by molar-refractivity contribution is -0.113. The quantitative estimate of drug-likeness (QED) is 0.310. The third-order valence-electron chi connectivity index (χ3n) is 4.08. The number of nitrogens with two attached hydrogens (primary N) is 1. The zero-order chi connectivity index (χ0) is 21.1. The van der Waals surface area contributed by atoms with E-state index in [-0.39, 0.29) is 17.5 Å². The molecule has 0 saturated carbocycles. The number of benzene rings is 2. The fourth-order valence-corrected chi connectivity index (χ4v) is 3.41. The predicted octanol–water partition coefficient (Wildman–Crippen LogP) is 3.57. The molecule has 0 radical (unpaired) electrons. The number of thioether (sulfide) groups is 1. The van der Waals surface area contributed by atoms with Gasteiger partial charge in [0.2, 0.25) is 16.9 Å². The molecule has 0 aliphatic carbocycles. The molecule has 0 aliphatic heterocycles. The van der Waals surface area contributed by atoms with E-state index in [2.05, 4.69) is 25.7 Å². The molecule has 0 atom stereocenters. The monoisotopic (exact) mass is 443 g/mol. The van der Waals surface area contributed by atoms with Crippen molar-refractivity contribution in [3.05, 3.63) is 65.4 Å². The van der Waals surface area contributed by atoms with Crippen LogP contribution in [0.1, 0.15) is 0 Å². The van der Waals surface area contributed by atoms with Crippen molar-refractivity contribution in [3.63, 3.8) is 0 Å². The highest BCUT2D eigenvalue weighted by atomic mass is 35.5. The number of H-pyrrole nitrogens is 1.